The smallest absolute Gasteiger partial charge is 0.337 e. The second kappa shape index (κ2) is 5.99. The van der Waals surface area contributed by atoms with Gasteiger partial charge in [-0.25, -0.2) is 9.18 Å². The molecule has 1 amide bonds. The van der Waals surface area contributed by atoms with E-state index in [-0.39, 0.29) is 47.6 Å². The molecule has 0 radical (unpaired) electrons. The molecule has 1 heterocycles. The maximum atomic E-state index is 13.3. The molecular formula is C12H10ClFN4O3. The molecule has 0 bridgehead atoms. The first-order chi connectivity index (χ1) is 9.93. The van der Waals surface area contributed by atoms with E-state index in [1.165, 1.54) is 4.90 Å². The monoisotopic (exact) mass is 312 g/mol. The van der Waals surface area contributed by atoms with E-state index < -0.39 is 11.8 Å². The molecule has 1 aliphatic rings. The normalized spacial score (nSPS) is 17.7. The highest BCUT2D eigenvalue weighted by Gasteiger charge is 2.34. The Morgan fingerprint density at radius 2 is 2.33 bits per heavy atom. The number of carboxylic acid groups (broad SMARTS) is 1. The zero-order valence-corrected chi connectivity index (χ0v) is 11.4. The van der Waals surface area contributed by atoms with Gasteiger partial charge >= 0.3 is 5.97 Å². The lowest BCUT2D eigenvalue weighted by atomic mass is 10.1. The zero-order valence-electron chi connectivity index (χ0n) is 10.7. The molecule has 1 unspecified atom stereocenters. The van der Waals surface area contributed by atoms with Crippen molar-refractivity contribution in [3.05, 3.63) is 39.0 Å². The van der Waals surface area contributed by atoms with E-state index in [4.69, 9.17) is 22.2 Å². The third kappa shape index (κ3) is 3.07. The quantitative estimate of drug-likeness (QED) is 0.524. The Kier molecular flexibility index (Phi) is 4.30. The van der Waals surface area contributed by atoms with E-state index in [9.17, 15) is 14.0 Å². The van der Waals surface area contributed by atoms with Crippen LogP contribution in [0.2, 0.25) is 5.02 Å². The summed E-state index contributed by atoms with van der Waals surface area (Å²) < 4.78 is 13.3. The summed E-state index contributed by atoms with van der Waals surface area (Å²) in [5.74, 6) is -2.74. The molecule has 2 rings (SSSR count). The molecule has 0 aromatic heterocycles. The number of aromatic carboxylic acids is 1. The largest absolute Gasteiger partial charge is 0.478 e. The molecule has 1 aromatic rings. The number of azide groups is 1. The molecule has 9 heteroatoms. The molecule has 1 atom stereocenters. The van der Waals surface area contributed by atoms with Crippen molar-refractivity contribution in [2.45, 2.75) is 6.42 Å². The fraction of sp³-hybridized carbons (Fsp3) is 0.333. The van der Waals surface area contributed by atoms with E-state index >= 15 is 0 Å². The predicted octanol–water partition coefficient (Wildman–Crippen LogP) is 2.84. The summed E-state index contributed by atoms with van der Waals surface area (Å²) in [7, 11) is 0. The van der Waals surface area contributed by atoms with Crippen molar-refractivity contribution >= 4 is 29.2 Å². The average Bonchev–Trinajstić information content (AvgIpc) is 2.76. The molecule has 110 valence electrons. The molecule has 1 fully saturated rings. The Labute approximate surface area is 123 Å². The summed E-state index contributed by atoms with van der Waals surface area (Å²) in [6.45, 7) is 0.295. The number of hydrogen-bond donors (Lipinski definition) is 1. The second-order valence-electron chi connectivity index (χ2n) is 4.58. The lowest BCUT2D eigenvalue weighted by Crippen LogP contribution is -2.27. The van der Waals surface area contributed by atoms with Gasteiger partial charge in [-0.1, -0.05) is 16.7 Å². The van der Waals surface area contributed by atoms with Gasteiger partial charge in [-0.05, 0) is 23.6 Å². The van der Waals surface area contributed by atoms with Gasteiger partial charge in [0.05, 0.1) is 16.3 Å². The van der Waals surface area contributed by atoms with Crippen molar-refractivity contribution in [2.75, 3.05) is 18.0 Å². The fourth-order valence-electron chi connectivity index (χ4n) is 2.28. The first-order valence-electron chi connectivity index (χ1n) is 5.97. The van der Waals surface area contributed by atoms with Crippen LogP contribution in [0.3, 0.4) is 0 Å². The first-order valence-corrected chi connectivity index (χ1v) is 6.35. The number of anilines is 1. The number of carbonyl (C=O) groups is 2. The molecule has 1 aromatic carbocycles. The third-order valence-electron chi connectivity index (χ3n) is 3.14. The summed E-state index contributed by atoms with van der Waals surface area (Å²) >= 11 is 5.90. The van der Waals surface area contributed by atoms with Crippen LogP contribution in [0.4, 0.5) is 10.1 Å². The summed E-state index contributed by atoms with van der Waals surface area (Å²) in [5.41, 5.74) is 7.88. The van der Waals surface area contributed by atoms with Gasteiger partial charge in [0.25, 0.3) is 0 Å². The van der Waals surface area contributed by atoms with Gasteiger partial charge in [0.15, 0.2) is 0 Å². The van der Waals surface area contributed by atoms with Gasteiger partial charge in [-0.3, -0.25) is 4.79 Å². The number of rotatable bonds is 4. The Morgan fingerprint density at radius 1 is 1.62 bits per heavy atom. The third-order valence-corrected chi connectivity index (χ3v) is 3.42. The van der Waals surface area contributed by atoms with Crippen LogP contribution in [-0.4, -0.2) is 30.1 Å². The van der Waals surface area contributed by atoms with Crippen LogP contribution in [0.5, 0.6) is 0 Å². The van der Waals surface area contributed by atoms with Crippen LogP contribution >= 0.6 is 11.6 Å². The molecule has 21 heavy (non-hydrogen) atoms. The van der Waals surface area contributed by atoms with Gasteiger partial charge < -0.3 is 10.0 Å². The van der Waals surface area contributed by atoms with Crippen molar-refractivity contribution in [1.82, 2.24) is 0 Å². The van der Waals surface area contributed by atoms with E-state index in [0.717, 1.165) is 12.1 Å². The maximum Gasteiger partial charge on any atom is 0.337 e. The molecule has 1 N–H and O–H groups in total. The summed E-state index contributed by atoms with van der Waals surface area (Å²) in [6, 6.07) is 1.77. The standard InChI is InChI=1S/C12H10ClFN4O3/c13-9-3-7(14)2-8(12(20)21)11(9)18-5-6(1-10(18)19)4-16-17-15/h2-3,6H,1,4-5H2,(H,20,21). The molecule has 0 spiro atoms. The highest BCUT2D eigenvalue weighted by atomic mass is 35.5. The Balaban J connectivity index is 2.40. The summed E-state index contributed by atoms with van der Waals surface area (Å²) in [4.78, 5) is 27.0. The van der Waals surface area contributed by atoms with Crippen LogP contribution in [0, 0.1) is 11.7 Å². The number of carbonyl (C=O) groups excluding carboxylic acids is 1. The van der Waals surface area contributed by atoms with Crippen LogP contribution in [0.15, 0.2) is 17.2 Å². The number of amides is 1. The van der Waals surface area contributed by atoms with E-state index in [1.54, 1.807) is 0 Å². The van der Waals surface area contributed by atoms with Crippen LogP contribution < -0.4 is 4.90 Å². The van der Waals surface area contributed by atoms with Crippen molar-refractivity contribution in [3.8, 4) is 0 Å². The van der Waals surface area contributed by atoms with Crippen LogP contribution in [0.25, 0.3) is 10.4 Å². The van der Waals surface area contributed by atoms with E-state index in [2.05, 4.69) is 10.0 Å². The molecule has 0 aliphatic carbocycles. The number of halogens is 2. The Hall–Kier alpha value is -2.31. The van der Waals surface area contributed by atoms with Crippen molar-refractivity contribution in [2.24, 2.45) is 11.0 Å². The van der Waals surface area contributed by atoms with Gasteiger partial charge in [-0.2, -0.15) is 0 Å². The topological polar surface area (TPSA) is 106 Å². The zero-order chi connectivity index (χ0) is 15.6. The Morgan fingerprint density at radius 3 is 2.95 bits per heavy atom. The fourth-order valence-corrected chi connectivity index (χ4v) is 2.58. The predicted molar refractivity (Wildman–Crippen MR) is 72.8 cm³/mol. The van der Waals surface area contributed by atoms with E-state index in [0.29, 0.717) is 0 Å². The molecule has 7 nitrogen and oxygen atoms in total. The Bertz CT molecular complexity index is 660. The molecule has 0 saturated carbocycles. The van der Waals surface area contributed by atoms with Gasteiger partial charge in [0.2, 0.25) is 5.91 Å². The van der Waals surface area contributed by atoms with Crippen LogP contribution in [0.1, 0.15) is 16.8 Å². The minimum absolute atomic E-state index is 0.0287. The van der Waals surface area contributed by atoms with Gasteiger partial charge in [-0.15, -0.1) is 0 Å². The first kappa shape index (κ1) is 15.1. The SMILES string of the molecule is [N-]=[N+]=NCC1CC(=O)N(c2c(Cl)cc(F)cc2C(=O)O)C1. The number of carboxylic acids is 1. The average molecular weight is 313 g/mol. The minimum Gasteiger partial charge on any atom is -0.478 e. The number of benzene rings is 1. The molecule has 1 aliphatic heterocycles. The van der Waals surface area contributed by atoms with Crippen LogP contribution in [-0.2, 0) is 4.79 Å². The summed E-state index contributed by atoms with van der Waals surface area (Å²) in [5, 5.41) is 12.4. The minimum atomic E-state index is -1.38. The summed E-state index contributed by atoms with van der Waals surface area (Å²) in [6.07, 6.45) is 0.117. The van der Waals surface area contributed by atoms with E-state index in [1.807, 2.05) is 0 Å². The van der Waals surface area contributed by atoms with Crippen molar-refractivity contribution < 1.29 is 19.1 Å². The lowest BCUT2D eigenvalue weighted by Gasteiger charge is -2.20. The number of hydrogen-bond acceptors (Lipinski definition) is 3. The van der Waals surface area contributed by atoms with Gasteiger partial charge in [0.1, 0.15) is 5.82 Å². The highest BCUT2D eigenvalue weighted by Crippen LogP contribution is 2.35. The highest BCUT2D eigenvalue weighted by molar-refractivity contribution is 6.34. The molecule has 1 saturated heterocycles. The van der Waals surface area contributed by atoms with Crippen molar-refractivity contribution in [3.63, 3.8) is 0 Å². The van der Waals surface area contributed by atoms with Gasteiger partial charge in [0, 0.05) is 24.4 Å². The number of nitrogens with zero attached hydrogens (tertiary/aromatic N) is 4. The molecular weight excluding hydrogens is 303 g/mol. The maximum absolute atomic E-state index is 13.3. The van der Waals surface area contributed by atoms with Crippen molar-refractivity contribution in [1.29, 1.82) is 0 Å². The lowest BCUT2D eigenvalue weighted by molar-refractivity contribution is -0.117. The second-order valence-corrected chi connectivity index (χ2v) is 4.98.